The normalized spacial score (nSPS) is 17.4. The van der Waals surface area contributed by atoms with Gasteiger partial charge in [-0.25, -0.2) is 4.79 Å². The summed E-state index contributed by atoms with van der Waals surface area (Å²) < 4.78 is 4.49. The van der Waals surface area contributed by atoms with E-state index in [1.54, 1.807) is 11.8 Å². The highest BCUT2D eigenvalue weighted by molar-refractivity contribution is 8.00. The van der Waals surface area contributed by atoms with Crippen LogP contribution in [0.2, 0.25) is 0 Å². The Morgan fingerprint density at radius 2 is 2.32 bits per heavy atom. The SMILES string of the molecule is COC(=O)NCCc1ccc2c(c1)NC(=O)C(C)S2. The van der Waals surface area contributed by atoms with Crippen molar-refractivity contribution in [1.29, 1.82) is 0 Å². The van der Waals surface area contributed by atoms with Crippen molar-refractivity contribution in [3.05, 3.63) is 23.8 Å². The third-order valence-electron chi connectivity index (χ3n) is 2.84. The molecule has 0 aliphatic carbocycles. The number of methoxy groups -OCH3 is 1. The highest BCUT2D eigenvalue weighted by atomic mass is 32.2. The van der Waals surface area contributed by atoms with E-state index < -0.39 is 6.09 Å². The summed E-state index contributed by atoms with van der Waals surface area (Å²) >= 11 is 1.56. The summed E-state index contributed by atoms with van der Waals surface area (Å²) in [6.45, 7) is 2.39. The first-order valence-electron chi connectivity index (χ1n) is 6.02. The molecule has 0 fully saturated rings. The fourth-order valence-corrected chi connectivity index (χ4v) is 2.72. The number of hydrogen-bond acceptors (Lipinski definition) is 4. The Kier molecular flexibility index (Phi) is 4.31. The quantitative estimate of drug-likeness (QED) is 0.889. The molecule has 19 heavy (non-hydrogen) atoms. The lowest BCUT2D eigenvalue weighted by atomic mass is 10.1. The molecule has 1 aromatic rings. The summed E-state index contributed by atoms with van der Waals surface area (Å²) in [7, 11) is 1.34. The Morgan fingerprint density at radius 3 is 3.05 bits per heavy atom. The summed E-state index contributed by atoms with van der Waals surface area (Å²) in [5, 5.41) is 5.46. The maximum Gasteiger partial charge on any atom is 0.406 e. The van der Waals surface area contributed by atoms with Crippen molar-refractivity contribution >= 4 is 29.4 Å². The molecule has 1 aromatic carbocycles. The van der Waals surface area contributed by atoms with Gasteiger partial charge in [-0.2, -0.15) is 0 Å². The summed E-state index contributed by atoms with van der Waals surface area (Å²) in [4.78, 5) is 23.6. The van der Waals surface area contributed by atoms with E-state index >= 15 is 0 Å². The van der Waals surface area contributed by atoms with E-state index in [0.717, 1.165) is 16.1 Å². The topological polar surface area (TPSA) is 67.4 Å². The number of benzene rings is 1. The molecule has 1 atom stereocenters. The van der Waals surface area contributed by atoms with Crippen molar-refractivity contribution in [1.82, 2.24) is 5.32 Å². The van der Waals surface area contributed by atoms with Crippen LogP contribution in [0.15, 0.2) is 23.1 Å². The van der Waals surface area contributed by atoms with Crippen LogP contribution in [0.25, 0.3) is 0 Å². The van der Waals surface area contributed by atoms with Crippen molar-refractivity contribution in [3.8, 4) is 0 Å². The van der Waals surface area contributed by atoms with Gasteiger partial charge in [0.2, 0.25) is 5.91 Å². The van der Waals surface area contributed by atoms with Gasteiger partial charge in [-0.05, 0) is 31.0 Å². The second-order valence-corrected chi connectivity index (χ2v) is 5.63. The Hall–Kier alpha value is -1.69. The first-order valence-corrected chi connectivity index (χ1v) is 6.90. The Labute approximate surface area is 116 Å². The average molecular weight is 280 g/mol. The van der Waals surface area contributed by atoms with Crippen molar-refractivity contribution in [2.24, 2.45) is 0 Å². The van der Waals surface area contributed by atoms with Gasteiger partial charge in [0, 0.05) is 11.4 Å². The molecule has 0 spiro atoms. The molecule has 102 valence electrons. The number of thioether (sulfide) groups is 1. The minimum absolute atomic E-state index is 0.0299. The molecule has 0 radical (unpaired) electrons. The Bertz CT molecular complexity index is 505. The zero-order valence-corrected chi connectivity index (χ0v) is 11.7. The lowest BCUT2D eigenvalue weighted by Crippen LogP contribution is -2.27. The van der Waals surface area contributed by atoms with Crippen LogP contribution in [0, 0.1) is 0 Å². The van der Waals surface area contributed by atoms with Crippen LogP contribution in [0.4, 0.5) is 10.5 Å². The van der Waals surface area contributed by atoms with Crippen molar-refractivity contribution in [2.45, 2.75) is 23.5 Å². The number of carbonyl (C=O) groups excluding carboxylic acids is 2. The predicted octanol–water partition coefficient (Wildman–Crippen LogP) is 2.02. The van der Waals surface area contributed by atoms with Crippen molar-refractivity contribution in [3.63, 3.8) is 0 Å². The third kappa shape index (κ3) is 3.41. The molecule has 0 saturated carbocycles. The van der Waals surface area contributed by atoms with Crippen LogP contribution in [-0.4, -0.2) is 30.9 Å². The number of rotatable bonds is 3. The zero-order valence-electron chi connectivity index (χ0n) is 10.9. The maximum atomic E-state index is 11.6. The average Bonchev–Trinajstić information content (AvgIpc) is 2.40. The number of nitrogens with one attached hydrogen (secondary N) is 2. The van der Waals surface area contributed by atoms with Crippen LogP contribution < -0.4 is 10.6 Å². The maximum absolute atomic E-state index is 11.6. The van der Waals surface area contributed by atoms with Crippen molar-refractivity contribution < 1.29 is 14.3 Å². The van der Waals surface area contributed by atoms with Gasteiger partial charge in [0.15, 0.2) is 0 Å². The molecule has 1 aliphatic heterocycles. The molecule has 2 N–H and O–H groups in total. The van der Waals surface area contributed by atoms with Crippen LogP contribution >= 0.6 is 11.8 Å². The first kappa shape index (κ1) is 13.7. The molecule has 1 heterocycles. The van der Waals surface area contributed by atoms with E-state index in [4.69, 9.17) is 0 Å². The van der Waals surface area contributed by atoms with Gasteiger partial charge in [-0.15, -0.1) is 11.8 Å². The van der Waals surface area contributed by atoms with Gasteiger partial charge >= 0.3 is 6.09 Å². The van der Waals surface area contributed by atoms with E-state index in [2.05, 4.69) is 15.4 Å². The minimum Gasteiger partial charge on any atom is -0.453 e. The lowest BCUT2D eigenvalue weighted by molar-refractivity contribution is -0.115. The highest BCUT2D eigenvalue weighted by Gasteiger charge is 2.22. The standard InChI is InChI=1S/C13H16N2O3S/c1-8-12(16)15-10-7-9(3-4-11(10)19-8)5-6-14-13(17)18-2/h3-4,7-8H,5-6H2,1-2H3,(H,14,17)(H,15,16). The predicted molar refractivity (Wildman–Crippen MR) is 74.5 cm³/mol. The summed E-state index contributed by atoms with van der Waals surface area (Å²) in [5.74, 6) is 0.0299. The van der Waals surface area contributed by atoms with Crippen LogP contribution in [0.5, 0.6) is 0 Å². The van der Waals surface area contributed by atoms with E-state index in [1.807, 2.05) is 25.1 Å². The molecule has 6 heteroatoms. The number of ether oxygens (including phenoxy) is 1. The van der Waals surface area contributed by atoms with Crippen molar-refractivity contribution in [2.75, 3.05) is 19.0 Å². The third-order valence-corrected chi connectivity index (χ3v) is 4.02. The second kappa shape index (κ2) is 5.97. The van der Waals surface area contributed by atoms with Gasteiger partial charge in [0.25, 0.3) is 0 Å². The molecule has 2 rings (SSSR count). The van der Waals surface area contributed by atoms with Gasteiger partial charge in [0.1, 0.15) is 0 Å². The van der Waals surface area contributed by atoms with Gasteiger partial charge in [-0.1, -0.05) is 6.07 Å². The summed E-state index contributed by atoms with van der Waals surface area (Å²) in [5.41, 5.74) is 1.91. The van der Waals surface area contributed by atoms with Gasteiger partial charge < -0.3 is 15.4 Å². The molecular weight excluding hydrogens is 264 g/mol. The molecule has 2 amide bonds. The summed E-state index contributed by atoms with van der Waals surface area (Å²) in [6.07, 6.45) is 0.258. The van der Waals surface area contributed by atoms with E-state index in [0.29, 0.717) is 13.0 Å². The number of anilines is 1. The number of alkyl carbamates (subject to hydrolysis) is 1. The molecule has 0 saturated heterocycles. The van der Waals surface area contributed by atoms with E-state index in [1.165, 1.54) is 7.11 Å². The monoisotopic (exact) mass is 280 g/mol. The number of hydrogen-bond donors (Lipinski definition) is 2. The molecule has 0 bridgehead atoms. The van der Waals surface area contributed by atoms with Crippen LogP contribution in [0.1, 0.15) is 12.5 Å². The fraction of sp³-hybridized carbons (Fsp3) is 0.385. The van der Waals surface area contributed by atoms with Crippen LogP contribution in [-0.2, 0) is 16.0 Å². The summed E-state index contributed by atoms with van der Waals surface area (Å²) in [6, 6.07) is 5.96. The smallest absolute Gasteiger partial charge is 0.406 e. The molecule has 5 nitrogen and oxygen atoms in total. The Morgan fingerprint density at radius 1 is 1.53 bits per heavy atom. The lowest BCUT2D eigenvalue weighted by Gasteiger charge is -2.21. The zero-order chi connectivity index (χ0) is 13.8. The molecule has 1 aliphatic rings. The van der Waals surface area contributed by atoms with Gasteiger partial charge in [0.05, 0.1) is 18.0 Å². The molecule has 1 unspecified atom stereocenters. The number of fused-ring (bicyclic) bond motifs is 1. The molecule has 0 aromatic heterocycles. The largest absolute Gasteiger partial charge is 0.453 e. The first-order chi connectivity index (χ1) is 9.10. The van der Waals surface area contributed by atoms with Gasteiger partial charge in [-0.3, -0.25) is 4.79 Å². The second-order valence-electron chi connectivity index (χ2n) is 4.25. The highest BCUT2D eigenvalue weighted by Crippen LogP contribution is 2.35. The molecular formula is C13H16N2O3S. The number of amides is 2. The van der Waals surface area contributed by atoms with E-state index in [9.17, 15) is 9.59 Å². The van der Waals surface area contributed by atoms with E-state index in [-0.39, 0.29) is 11.2 Å². The Balaban J connectivity index is 1.99. The fourth-order valence-electron chi connectivity index (χ4n) is 1.79. The number of carbonyl (C=O) groups is 2. The minimum atomic E-state index is -0.435. The van der Waals surface area contributed by atoms with Crippen LogP contribution in [0.3, 0.4) is 0 Å².